The summed E-state index contributed by atoms with van der Waals surface area (Å²) < 4.78 is 6.43. The number of hydrogen-bond acceptors (Lipinski definition) is 5. The second-order valence-corrected chi connectivity index (χ2v) is 11.1. The van der Waals surface area contributed by atoms with Crippen molar-refractivity contribution in [3.05, 3.63) is 71.9 Å². The van der Waals surface area contributed by atoms with Gasteiger partial charge in [0.25, 0.3) is 0 Å². The third-order valence-electron chi connectivity index (χ3n) is 6.62. The predicted octanol–water partition coefficient (Wildman–Crippen LogP) is 3.90. The molecule has 210 valence electrons. The Balaban J connectivity index is 2.10. The predicted molar refractivity (Wildman–Crippen MR) is 154 cm³/mol. The standard InChI is InChI=1S/C31H42N4O4/c1-20(2)18-25-29(36)32-17-16-22-12-14-24(15-13-22)39-28(23-10-8-7-9-11-23)27(31(38)33-25)34-30(37)26(35(5)6)19-21(3)4/h7-17,20-21,25-28H,18-19H2,1-6H3,(H,32,36)(H,33,38)(H,34,37)/b17-16-/t25-,26-,27-,28-/m0/s1. The number of fused-ring (bicyclic) bond motifs is 10. The smallest absolute Gasteiger partial charge is 0.247 e. The molecule has 0 spiro atoms. The van der Waals surface area contributed by atoms with E-state index in [1.807, 2.05) is 87.4 Å². The summed E-state index contributed by atoms with van der Waals surface area (Å²) in [5.74, 6) is -0.114. The van der Waals surface area contributed by atoms with E-state index in [-0.39, 0.29) is 23.7 Å². The molecule has 0 aromatic heterocycles. The topological polar surface area (TPSA) is 99.8 Å². The first-order chi connectivity index (χ1) is 18.5. The van der Waals surface area contributed by atoms with Crippen molar-refractivity contribution in [1.29, 1.82) is 0 Å². The molecule has 2 aliphatic rings. The number of amides is 3. The number of carbonyl (C=O) groups is 3. The second-order valence-electron chi connectivity index (χ2n) is 11.1. The summed E-state index contributed by atoms with van der Waals surface area (Å²) in [6, 6.07) is 14.4. The van der Waals surface area contributed by atoms with E-state index in [4.69, 9.17) is 4.74 Å². The van der Waals surface area contributed by atoms with Gasteiger partial charge in [-0.2, -0.15) is 0 Å². The van der Waals surface area contributed by atoms with Crippen LogP contribution in [-0.4, -0.2) is 54.8 Å². The van der Waals surface area contributed by atoms with Gasteiger partial charge in [0.2, 0.25) is 17.7 Å². The fourth-order valence-corrected chi connectivity index (χ4v) is 4.59. The maximum absolute atomic E-state index is 14.0. The van der Waals surface area contributed by atoms with E-state index in [9.17, 15) is 14.4 Å². The molecule has 0 unspecified atom stereocenters. The minimum Gasteiger partial charge on any atom is -0.483 e. The summed E-state index contributed by atoms with van der Waals surface area (Å²) in [5.41, 5.74) is 1.61. The zero-order valence-electron chi connectivity index (χ0n) is 23.8. The van der Waals surface area contributed by atoms with Gasteiger partial charge in [-0.05, 0) is 68.1 Å². The monoisotopic (exact) mass is 534 g/mol. The van der Waals surface area contributed by atoms with Crippen molar-refractivity contribution in [2.45, 2.75) is 64.8 Å². The Morgan fingerprint density at radius 1 is 0.949 bits per heavy atom. The van der Waals surface area contributed by atoms with Crippen molar-refractivity contribution in [1.82, 2.24) is 20.9 Å². The average molecular weight is 535 g/mol. The number of carbonyl (C=O) groups excluding carboxylic acids is 3. The van der Waals surface area contributed by atoms with Crippen LogP contribution < -0.4 is 20.7 Å². The van der Waals surface area contributed by atoms with Crippen molar-refractivity contribution in [3.8, 4) is 5.75 Å². The molecule has 0 fully saturated rings. The van der Waals surface area contributed by atoms with Crippen molar-refractivity contribution in [2.24, 2.45) is 11.8 Å². The molecule has 3 amide bonds. The van der Waals surface area contributed by atoms with Crippen LogP contribution in [0.4, 0.5) is 0 Å². The van der Waals surface area contributed by atoms with E-state index in [2.05, 4.69) is 29.8 Å². The first kappa shape index (κ1) is 29.9. The lowest BCUT2D eigenvalue weighted by molar-refractivity contribution is -0.136. The zero-order valence-corrected chi connectivity index (χ0v) is 23.8. The van der Waals surface area contributed by atoms with E-state index in [0.29, 0.717) is 18.6 Å². The third kappa shape index (κ3) is 8.68. The number of nitrogens with zero attached hydrogens (tertiary/aromatic N) is 1. The summed E-state index contributed by atoms with van der Waals surface area (Å²) in [5, 5.41) is 8.71. The molecule has 4 atom stereocenters. The Bertz CT molecular complexity index is 1130. The van der Waals surface area contributed by atoms with Crippen LogP contribution in [-0.2, 0) is 14.4 Å². The quantitative estimate of drug-likeness (QED) is 0.477. The number of rotatable bonds is 8. The SMILES string of the molecule is CC(C)C[C@@H]1NC(=O)[C@@H](NC(=O)[C@H](CC(C)C)N(C)C)[C@H](c2ccccc2)Oc2ccc(cc2)/C=C\NC1=O. The summed E-state index contributed by atoms with van der Waals surface area (Å²) >= 11 is 0. The van der Waals surface area contributed by atoms with Crippen molar-refractivity contribution in [3.63, 3.8) is 0 Å². The van der Waals surface area contributed by atoms with Gasteiger partial charge in [0.15, 0.2) is 6.10 Å². The number of likely N-dealkylation sites (N-methyl/N-ethyl adjacent to an activating group) is 1. The minimum atomic E-state index is -1.10. The van der Waals surface area contributed by atoms with E-state index in [1.165, 1.54) is 0 Å². The molecule has 2 aromatic rings. The Hall–Kier alpha value is -3.65. The Morgan fingerprint density at radius 2 is 1.62 bits per heavy atom. The van der Waals surface area contributed by atoms with Gasteiger partial charge in [0, 0.05) is 6.20 Å². The van der Waals surface area contributed by atoms with Gasteiger partial charge in [-0.25, -0.2) is 0 Å². The first-order valence-corrected chi connectivity index (χ1v) is 13.6. The molecular formula is C31H42N4O4. The van der Waals surface area contributed by atoms with E-state index in [1.54, 1.807) is 12.3 Å². The summed E-state index contributed by atoms with van der Waals surface area (Å²) in [6.07, 6.45) is 3.57. The lowest BCUT2D eigenvalue weighted by Gasteiger charge is -2.32. The summed E-state index contributed by atoms with van der Waals surface area (Å²) in [7, 11) is 3.70. The summed E-state index contributed by atoms with van der Waals surface area (Å²) in [4.78, 5) is 42.6. The molecule has 2 aromatic carbocycles. The molecule has 2 bridgehead atoms. The lowest BCUT2D eigenvalue weighted by atomic mass is 9.97. The largest absolute Gasteiger partial charge is 0.483 e. The highest BCUT2D eigenvalue weighted by molar-refractivity contribution is 5.94. The number of ether oxygens (including phenoxy) is 1. The highest BCUT2D eigenvalue weighted by Crippen LogP contribution is 2.27. The fourth-order valence-electron chi connectivity index (χ4n) is 4.59. The van der Waals surface area contributed by atoms with Crippen molar-refractivity contribution >= 4 is 23.8 Å². The Kier molecular flexibility index (Phi) is 10.7. The Morgan fingerprint density at radius 3 is 2.21 bits per heavy atom. The molecule has 0 radical (unpaired) electrons. The zero-order chi connectivity index (χ0) is 28.5. The van der Waals surface area contributed by atoms with Crippen LogP contribution in [0, 0.1) is 11.8 Å². The van der Waals surface area contributed by atoms with Gasteiger partial charge in [-0.1, -0.05) is 70.2 Å². The van der Waals surface area contributed by atoms with E-state index in [0.717, 1.165) is 11.1 Å². The van der Waals surface area contributed by atoms with Crippen LogP contribution >= 0.6 is 0 Å². The van der Waals surface area contributed by atoms with Gasteiger partial charge in [0.1, 0.15) is 17.8 Å². The van der Waals surface area contributed by atoms with Gasteiger partial charge < -0.3 is 20.7 Å². The highest BCUT2D eigenvalue weighted by Gasteiger charge is 2.37. The molecule has 0 saturated carbocycles. The fraction of sp³-hybridized carbons (Fsp3) is 0.452. The average Bonchev–Trinajstić information content (AvgIpc) is 2.89. The maximum atomic E-state index is 14.0. The van der Waals surface area contributed by atoms with Gasteiger partial charge >= 0.3 is 0 Å². The number of nitrogens with one attached hydrogen (secondary N) is 3. The lowest BCUT2D eigenvalue weighted by Crippen LogP contribution is -2.58. The second kappa shape index (κ2) is 13.9. The molecule has 0 saturated heterocycles. The number of benzene rings is 2. The molecule has 2 heterocycles. The molecule has 8 nitrogen and oxygen atoms in total. The van der Waals surface area contributed by atoms with Crippen LogP contribution in [0.2, 0.25) is 0 Å². The van der Waals surface area contributed by atoms with Crippen LogP contribution in [0.15, 0.2) is 60.8 Å². The molecular weight excluding hydrogens is 492 g/mol. The molecule has 8 heteroatoms. The van der Waals surface area contributed by atoms with Crippen molar-refractivity contribution in [2.75, 3.05) is 14.1 Å². The first-order valence-electron chi connectivity index (χ1n) is 13.6. The number of hydrogen-bond donors (Lipinski definition) is 3. The van der Waals surface area contributed by atoms with Gasteiger partial charge in [0.05, 0.1) is 6.04 Å². The van der Waals surface area contributed by atoms with Crippen molar-refractivity contribution < 1.29 is 19.1 Å². The molecule has 3 N–H and O–H groups in total. The highest BCUT2D eigenvalue weighted by atomic mass is 16.5. The third-order valence-corrected chi connectivity index (χ3v) is 6.62. The molecule has 4 rings (SSSR count). The van der Waals surface area contributed by atoms with Crippen LogP contribution in [0.25, 0.3) is 6.08 Å². The van der Waals surface area contributed by atoms with E-state index >= 15 is 0 Å². The van der Waals surface area contributed by atoms with Gasteiger partial charge in [-0.3, -0.25) is 19.3 Å². The minimum absolute atomic E-state index is 0.147. The van der Waals surface area contributed by atoms with Crippen LogP contribution in [0.5, 0.6) is 5.75 Å². The molecule has 39 heavy (non-hydrogen) atoms. The van der Waals surface area contributed by atoms with Gasteiger partial charge in [-0.15, -0.1) is 0 Å². The van der Waals surface area contributed by atoms with Crippen LogP contribution in [0.3, 0.4) is 0 Å². The normalized spacial score (nSPS) is 21.6. The Labute approximate surface area is 232 Å². The summed E-state index contributed by atoms with van der Waals surface area (Å²) in [6.45, 7) is 8.09. The molecule has 0 aliphatic carbocycles. The van der Waals surface area contributed by atoms with E-state index < -0.39 is 30.1 Å². The maximum Gasteiger partial charge on any atom is 0.247 e. The molecule has 2 aliphatic heterocycles. The van der Waals surface area contributed by atoms with Crippen LogP contribution in [0.1, 0.15) is 57.8 Å².